The van der Waals surface area contributed by atoms with Crippen LogP contribution in [0.25, 0.3) is 0 Å². The molecule has 0 saturated heterocycles. The van der Waals surface area contributed by atoms with Crippen molar-refractivity contribution < 1.29 is 27.2 Å². The first kappa shape index (κ1) is 21.8. The van der Waals surface area contributed by atoms with Crippen LogP contribution in [0.5, 0.6) is 0 Å². The van der Waals surface area contributed by atoms with Gasteiger partial charge in [0.2, 0.25) is 15.8 Å². The fourth-order valence-electron chi connectivity index (χ4n) is 3.03. The number of furan rings is 1. The van der Waals surface area contributed by atoms with E-state index in [4.69, 9.17) is 25.9 Å². The Morgan fingerprint density at radius 1 is 1.20 bits per heavy atom. The molecule has 3 aromatic rings. The van der Waals surface area contributed by atoms with Gasteiger partial charge in [0.05, 0.1) is 23.4 Å². The Bertz CT molecular complexity index is 1210. The van der Waals surface area contributed by atoms with Crippen molar-refractivity contribution >= 4 is 33.4 Å². The van der Waals surface area contributed by atoms with Gasteiger partial charge in [-0.05, 0) is 50.2 Å². The van der Waals surface area contributed by atoms with Gasteiger partial charge in [-0.3, -0.25) is 4.79 Å². The van der Waals surface area contributed by atoms with Crippen molar-refractivity contribution in [1.82, 2.24) is 4.57 Å². The third kappa shape index (κ3) is 4.64. The molecule has 158 valence electrons. The molecule has 0 unspecified atom stereocenters. The Balaban J connectivity index is 1.72. The Labute approximate surface area is 178 Å². The molecule has 30 heavy (non-hydrogen) atoms. The highest BCUT2D eigenvalue weighted by atomic mass is 35.5. The summed E-state index contributed by atoms with van der Waals surface area (Å²) in [6.07, 6.45) is 1.58. The molecule has 2 aromatic heterocycles. The second-order valence-corrected chi connectivity index (χ2v) is 8.58. The first-order valence-electron chi connectivity index (χ1n) is 8.79. The molecule has 0 fully saturated rings. The number of hydrogen-bond acceptors (Lipinski definition) is 6. The van der Waals surface area contributed by atoms with Gasteiger partial charge >= 0.3 is 5.97 Å². The molecule has 0 bridgehead atoms. The predicted molar refractivity (Wildman–Crippen MR) is 109 cm³/mol. The number of carbonyl (C=O) groups is 2. The molecule has 3 rings (SSSR count). The number of ketones is 1. The van der Waals surface area contributed by atoms with E-state index in [1.54, 1.807) is 25.3 Å². The topological polar surface area (TPSA) is 122 Å². The number of nitrogens with zero attached hydrogens (tertiary/aromatic N) is 1. The largest absolute Gasteiger partial charge is 0.467 e. The van der Waals surface area contributed by atoms with Gasteiger partial charge in [0.25, 0.3) is 0 Å². The normalized spacial score (nSPS) is 11.5. The summed E-state index contributed by atoms with van der Waals surface area (Å²) >= 11 is 5.80. The average molecular weight is 451 g/mol. The van der Waals surface area contributed by atoms with Crippen molar-refractivity contribution in [1.29, 1.82) is 0 Å². The number of aryl methyl sites for hydroxylation is 1. The van der Waals surface area contributed by atoms with Gasteiger partial charge in [-0.1, -0.05) is 11.6 Å². The van der Waals surface area contributed by atoms with Crippen LogP contribution in [0, 0.1) is 13.8 Å². The molecule has 0 aliphatic carbocycles. The molecular weight excluding hydrogens is 432 g/mol. The van der Waals surface area contributed by atoms with E-state index in [1.807, 2.05) is 17.6 Å². The molecule has 8 nitrogen and oxygen atoms in total. The van der Waals surface area contributed by atoms with Crippen LogP contribution >= 0.6 is 11.6 Å². The fraction of sp³-hybridized carbons (Fsp3) is 0.200. The summed E-state index contributed by atoms with van der Waals surface area (Å²) in [5.41, 5.74) is 1.91. The summed E-state index contributed by atoms with van der Waals surface area (Å²) < 4.78 is 35.4. The molecule has 0 amide bonds. The Kier molecular flexibility index (Phi) is 6.16. The maximum atomic E-state index is 12.6. The summed E-state index contributed by atoms with van der Waals surface area (Å²) in [6.45, 7) is 3.62. The highest BCUT2D eigenvalue weighted by molar-refractivity contribution is 7.89. The van der Waals surface area contributed by atoms with Gasteiger partial charge < -0.3 is 13.7 Å². The quantitative estimate of drug-likeness (QED) is 0.436. The van der Waals surface area contributed by atoms with Crippen molar-refractivity contribution in [2.75, 3.05) is 6.61 Å². The summed E-state index contributed by atoms with van der Waals surface area (Å²) in [6, 6.07) is 8.87. The number of halogens is 1. The zero-order chi connectivity index (χ0) is 22.1. The number of benzene rings is 1. The first-order valence-corrected chi connectivity index (χ1v) is 10.7. The Morgan fingerprint density at radius 2 is 1.93 bits per heavy atom. The molecule has 0 atom stereocenters. The Hall–Kier alpha value is -2.88. The Morgan fingerprint density at radius 3 is 2.57 bits per heavy atom. The van der Waals surface area contributed by atoms with Crippen molar-refractivity contribution in [3.63, 3.8) is 0 Å². The van der Waals surface area contributed by atoms with E-state index in [0.717, 1.165) is 17.5 Å². The van der Waals surface area contributed by atoms with Gasteiger partial charge in [-0.15, -0.1) is 0 Å². The van der Waals surface area contributed by atoms with Crippen LogP contribution in [0.1, 0.15) is 37.9 Å². The van der Waals surface area contributed by atoms with Gasteiger partial charge in [-0.2, -0.15) is 0 Å². The minimum Gasteiger partial charge on any atom is -0.467 e. The predicted octanol–water partition coefficient (Wildman–Crippen LogP) is 3.09. The van der Waals surface area contributed by atoms with Gasteiger partial charge in [0, 0.05) is 17.0 Å². The van der Waals surface area contributed by atoms with Crippen LogP contribution < -0.4 is 5.14 Å². The van der Waals surface area contributed by atoms with Crippen LogP contribution in [-0.2, 0) is 21.3 Å². The fourth-order valence-corrected chi connectivity index (χ4v) is 4.10. The average Bonchev–Trinajstić information content (AvgIpc) is 3.29. The summed E-state index contributed by atoms with van der Waals surface area (Å²) in [4.78, 5) is 24.5. The van der Waals surface area contributed by atoms with Crippen LogP contribution in [0.2, 0.25) is 5.02 Å². The van der Waals surface area contributed by atoms with E-state index in [-0.39, 0.29) is 16.4 Å². The molecule has 0 aliphatic heterocycles. The number of carbonyl (C=O) groups excluding carboxylic acids is 2. The second kappa shape index (κ2) is 8.47. The molecule has 0 spiro atoms. The summed E-state index contributed by atoms with van der Waals surface area (Å²) in [7, 11) is -4.11. The lowest BCUT2D eigenvalue weighted by atomic mass is 10.1. The minimum absolute atomic E-state index is 0.0838. The maximum Gasteiger partial charge on any atom is 0.338 e. The zero-order valence-electron chi connectivity index (χ0n) is 16.2. The number of hydrogen-bond donors (Lipinski definition) is 1. The molecule has 2 heterocycles. The number of rotatable bonds is 7. The van der Waals surface area contributed by atoms with Gasteiger partial charge in [-0.25, -0.2) is 18.4 Å². The zero-order valence-corrected chi connectivity index (χ0v) is 17.8. The lowest BCUT2D eigenvalue weighted by Crippen LogP contribution is -2.17. The number of nitrogens with two attached hydrogens (primary N) is 1. The van der Waals surface area contributed by atoms with Crippen LogP contribution in [0.3, 0.4) is 0 Å². The molecule has 0 aliphatic rings. The lowest BCUT2D eigenvalue weighted by Gasteiger charge is -2.09. The van der Waals surface area contributed by atoms with E-state index in [9.17, 15) is 18.0 Å². The molecular formula is C20H19ClN2O6S. The highest BCUT2D eigenvalue weighted by Crippen LogP contribution is 2.22. The third-order valence-electron chi connectivity index (χ3n) is 4.58. The molecule has 1 aromatic carbocycles. The number of Topliss-reactive ketones (excluding diaryl/α,β-unsaturated/α-hetero) is 1. The SMILES string of the molecule is Cc1cc(C(=O)COC(=O)c2ccc(Cl)c(S(N)(=O)=O)c2)c(C)n1Cc1ccco1. The van der Waals surface area contributed by atoms with Gasteiger partial charge in [0.1, 0.15) is 10.7 Å². The number of aromatic nitrogens is 1. The smallest absolute Gasteiger partial charge is 0.338 e. The van der Waals surface area contributed by atoms with E-state index >= 15 is 0 Å². The van der Waals surface area contributed by atoms with Gasteiger partial charge in [0.15, 0.2) is 6.61 Å². The molecule has 10 heteroatoms. The number of primary sulfonamides is 1. The second-order valence-electron chi connectivity index (χ2n) is 6.64. The molecule has 0 radical (unpaired) electrons. The number of sulfonamides is 1. The molecule has 0 saturated carbocycles. The van der Waals surface area contributed by atoms with E-state index in [0.29, 0.717) is 17.8 Å². The monoisotopic (exact) mass is 450 g/mol. The minimum atomic E-state index is -4.11. The van der Waals surface area contributed by atoms with Crippen LogP contribution in [0.4, 0.5) is 0 Å². The van der Waals surface area contributed by atoms with Crippen molar-refractivity contribution in [3.05, 3.63) is 76.0 Å². The summed E-state index contributed by atoms with van der Waals surface area (Å²) in [5.74, 6) is -0.507. The maximum absolute atomic E-state index is 12.6. The van der Waals surface area contributed by atoms with Crippen molar-refractivity contribution in [3.8, 4) is 0 Å². The van der Waals surface area contributed by atoms with Crippen molar-refractivity contribution in [2.24, 2.45) is 5.14 Å². The van der Waals surface area contributed by atoms with E-state index in [1.165, 1.54) is 12.1 Å². The lowest BCUT2D eigenvalue weighted by molar-refractivity contribution is 0.0474. The summed E-state index contributed by atoms with van der Waals surface area (Å²) in [5, 5.41) is 4.96. The highest BCUT2D eigenvalue weighted by Gasteiger charge is 2.20. The number of ether oxygens (including phenoxy) is 1. The number of esters is 1. The third-order valence-corrected chi connectivity index (χ3v) is 5.97. The van der Waals surface area contributed by atoms with E-state index in [2.05, 4.69) is 0 Å². The standard InChI is InChI=1S/C20H19ClN2O6S/c1-12-8-16(13(2)23(12)10-15-4-3-7-28-15)18(24)11-29-20(25)14-5-6-17(21)19(9-14)30(22,26)27/h3-9H,10-11H2,1-2H3,(H2,22,26,27). The first-order chi connectivity index (χ1) is 14.1. The van der Waals surface area contributed by atoms with E-state index < -0.39 is 27.5 Å². The van der Waals surface area contributed by atoms with Crippen molar-refractivity contribution in [2.45, 2.75) is 25.3 Å². The van der Waals surface area contributed by atoms with Crippen LogP contribution in [0.15, 0.2) is 52.0 Å². The molecule has 2 N–H and O–H groups in total. The van der Waals surface area contributed by atoms with Crippen LogP contribution in [-0.4, -0.2) is 31.3 Å².